The molecule has 1 N–H and O–H groups in total. The van der Waals surface area contributed by atoms with Crippen LogP contribution >= 0.6 is 28.1 Å². The van der Waals surface area contributed by atoms with E-state index in [2.05, 4.69) is 21.2 Å². The van der Waals surface area contributed by atoms with Gasteiger partial charge in [-0.3, -0.25) is 14.9 Å². The topological polar surface area (TPSA) is 86.3 Å². The average Bonchev–Trinajstić information content (AvgIpc) is 2.78. The van der Waals surface area contributed by atoms with E-state index in [0.29, 0.717) is 45.3 Å². The largest absolute Gasteiger partial charge is 0.497 e. The van der Waals surface area contributed by atoms with Crippen LogP contribution in [0.5, 0.6) is 23.0 Å². The minimum atomic E-state index is -0.607. The summed E-state index contributed by atoms with van der Waals surface area (Å²) in [6, 6.07) is 8.32. The van der Waals surface area contributed by atoms with Crippen molar-refractivity contribution in [1.82, 2.24) is 5.32 Å². The molecule has 2 amide bonds. The van der Waals surface area contributed by atoms with Gasteiger partial charge in [0.15, 0.2) is 16.6 Å². The van der Waals surface area contributed by atoms with Gasteiger partial charge in [-0.05, 0) is 55.0 Å². The van der Waals surface area contributed by atoms with E-state index in [1.807, 2.05) is 6.92 Å². The summed E-state index contributed by atoms with van der Waals surface area (Å²) in [5, 5.41) is 2.51. The SMILES string of the molecule is CCOc1cc(/C=C2\C(=O)NC(=S)N(c3ccc(OC)cc3OC)C2=O)c(Br)cc1OC. The van der Waals surface area contributed by atoms with Crippen molar-refractivity contribution in [2.24, 2.45) is 0 Å². The number of benzene rings is 2. The number of hydrogen-bond acceptors (Lipinski definition) is 7. The summed E-state index contributed by atoms with van der Waals surface area (Å²) >= 11 is 8.73. The summed E-state index contributed by atoms with van der Waals surface area (Å²) in [6.07, 6.45) is 1.47. The highest BCUT2D eigenvalue weighted by atomic mass is 79.9. The Kier molecular flexibility index (Phi) is 7.37. The van der Waals surface area contributed by atoms with Gasteiger partial charge < -0.3 is 18.9 Å². The van der Waals surface area contributed by atoms with E-state index in [4.69, 9.17) is 31.2 Å². The van der Waals surface area contributed by atoms with Crippen molar-refractivity contribution >= 4 is 56.8 Å². The predicted molar refractivity (Wildman–Crippen MR) is 128 cm³/mol. The third-order valence-corrected chi connectivity index (χ3v) is 5.58. The van der Waals surface area contributed by atoms with Gasteiger partial charge in [-0.15, -0.1) is 0 Å². The maximum absolute atomic E-state index is 13.4. The van der Waals surface area contributed by atoms with Gasteiger partial charge in [-0.25, -0.2) is 4.90 Å². The molecular weight excluding hydrogens is 500 g/mol. The highest BCUT2D eigenvalue weighted by molar-refractivity contribution is 9.10. The van der Waals surface area contributed by atoms with Crippen molar-refractivity contribution < 1.29 is 28.5 Å². The van der Waals surface area contributed by atoms with Crippen LogP contribution in [0.25, 0.3) is 6.08 Å². The number of nitrogens with zero attached hydrogens (tertiary/aromatic N) is 1. The van der Waals surface area contributed by atoms with Gasteiger partial charge in [-0.2, -0.15) is 0 Å². The summed E-state index contributed by atoms with van der Waals surface area (Å²) in [5.74, 6) is 0.711. The Morgan fingerprint density at radius 2 is 1.75 bits per heavy atom. The van der Waals surface area contributed by atoms with Crippen molar-refractivity contribution in [3.8, 4) is 23.0 Å². The van der Waals surface area contributed by atoms with E-state index in [1.54, 1.807) is 30.3 Å². The lowest BCUT2D eigenvalue weighted by Crippen LogP contribution is -2.54. The van der Waals surface area contributed by atoms with E-state index in [1.165, 1.54) is 32.3 Å². The quantitative estimate of drug-likeness (QED) is 0.338. The highest BCUT2D eigenvalue weighted by Crippen LogP contribution is 2.37. The van der Waals surface area contributed by atoms with Crippen LogP contribution in [0.4, 0.5) is 5.69 Å². The van der Waals surface area contributed by atoms with Crippen molar-refractivity contribution in [3.63, 3.8) is 0 Å². The number of thiocarbonyl (C=S) groups is 1. The fourth-order valence-electron chi connectivity index (χ4n) is 3.09. The normalized spacial score (nSPS) is 15.0. The highest BCUT2D eigenvalue weighted by Gasteiger charge is 2.36. The molecule has 1 heterocycles. The molecule has 1 saturated heterocycles. The molecule has 168 valence electrons. The number of nitrogens with one attached hydrogen (secondary N) is 1. The minimum absolute atomic E-state index is 0.0515. The van der Waals surface area contributed by atoms with Gasteiger partial charge in [-0.1, -0.05) is 15.9 Å². The molecule has 0 unspecified atom stereocenters. The smallest absolute Gasteiger partial charge is 0.270 e. The fourth-order valence-corrected chi connectivity index (χ4v) is 3.80. The van der Waals surface area contributed by atoms with Crippen molar-refractivity contribution in [2.75, 3.05) is 32.8 Å². The first-order chi connectivity index (χ1) is 15.3. The van der Waals surface area contributed by atoms with Gasteiger partial charge in [0.2, 0.25) is 0 Å². The van der Waals surface area contributed by atoms with E-state index in [9.17, 15) is 9.59 Å². The second-order valence-electron chi connectivity index (χ2n) is 6.45. The molecule has 3 rings (SSSR count). The molecule has 10 heteroatoms. The van der Waals surface area contributed by atoms with E-state index >= 15 is 0 Å². The Morgan fingerprint density at radius 1 is 1.03 bits per heavy atom. The van der Waals surface area contributed by atoms with Crippen molar-refractivity contribution in [3.05, 3.63) is 45.9 Å². The summed E-state index contributed by atoms with van der Waals surface area (Å²) in [4.78, 5) is 27.2. The number of carbonyl (C=O) groups excluding carboxylic acids is 2. The van der Waals surface area contributed by atoms with Crippen LogP contribution in [0.1, 0.15) is 12.5 Å². The second kappa shape index (κ2) is 10.0. The van der Waals surface area contributed by atoms with E-state index < -0.39 is 11.8 Å². The minimum Gasteiger partial charge on any atom is -0.497 e. The van der Waals surface area contributed by atoms with Gasteiger partial charge in [0, 0.05) is 10.5 Å². The Bertz CT molecular complexity index is 1120. The first-order valence-electron chi connectivity index (χ1n) is 9.48. The molecule has 1 aliphatic rings. The third-order valence-electron chi connectivity index (χ3n) is 4.61. The number of ether oxygens (including phenoxy) is 4. The Balaban J connectivity index is 2.08. The Hall–Kier alpha value is -3.11. The zero-order chi connectivity index (χ0) is 23.4. The lowest BCUT2D eigenvalue weighted by molar-refractivity contribution is -0.122. The molecule has 0 atom stereocenters. The van der Waals surface area contributed by atoms with Crippen LogP contribution < -0.4 is 29.2 Å². The molecule has 0 bridgehead atoms. The van der Waals surface area contributed by atoms with Crippen LogP contribution in [-0.2, 0) is 9.59 Å². The third kappa shape index (κ3) is 4.56. The van der Waals surface area contributed by atoms with E-state index in [-0.39, 0.29) is 10.7 Å². The summed E-state index contributed by atoms with van der Waals surface area (Å²) in [5.41, 5.74) is 0.824. The van der Waals surface area contributed by atoms with Crippen LogP contribution in [0.2, 0.25) is 0 Å². The molecule has 0 aromatic heterocycles. The number of amides is 2. The monoisotopic (exact) mass is 520 g/mol. The number of methoxy groups -OCH3 is 3. The molecular formula is C22H21BrN2O6S. The first-order valence-corrected chi connectivity index (χ1v) is 10.7. The first kappa shape index (κ1) is 23.6. The predicted octanol–water partition coefficient (Wildman–Crippen LogP) is 3.70. The zero-order valence-corrected chi connectivity index (χ0v) is 20.3. The van der Waals surface area contributed by atoms with Crippen LogP contribution in [0.15, 0.2) is 40.4 Å². The van der Waals surface area contributed by atoms with Gasteiger partial charge >= 0.3 is 0 Å². The number of anilines is 1. The maximum atomic E-state index is 13.4. The molecule has 2 aromatic carbocycles. The number of halogens is 1. The molecule has 1 aliphatic heterocycles. The molecule has 8 nitrogen and oxygen atoms in total. The number of rotatable bonds is 7. The molecule has 0 radical (unpaired) electrons. The summed E-state index contributed by atoms with van der Waals surface area (Å²) in [7, 11) is 4.52. The van der Waals surface area contributed by atoms with Crippen LogP contribution in [0.3, 0.4) is 0 Å². The lowest BCUT2D eigenvalue weighted by Gasteiger charge is -2.30. The molecule has 0 spiro atoms. The van der Waals surface area contributed by atoms with Crippen LogP contribution in [0, 0.1) is 0 Å². The maximum Gasteiger partial charge on any atom is 0.270 e. The van der Waals surface area contributed by atoms with Crippen molar-refractivity contribution in [2.45, 2.75) is 6.92 Å². The lowest BCUT2D eigenvalue weighted by atomic mass is 10.1. The summed E-state index contributed by atoms with van der Waals surface area (Å²) < 4.78 is 22.2. The standard InChI is InChI=1S/C22H21BrN2O6S/c1-5-31-19-9-12(15(23)11-18(19)30-4)8-14-20(26)24-22(32)25(21(14)27)16-7-6-13(28-2)10-17(16)29-3/h6-11H,5H2,1-4H3,(H,24,26,32)/b14-8+. The second-order valence-corrected chi connectivity index (χ2v) is 7.69. The molecule has 0 aliphatic carbocycles. The molecule has 0 saturated carbocycles. The molecule has 32 heavy (non-hydrogen) atoms. The van der Waals surface area contributed by atoms with Gasteiger partial charge in [0.1, 0.15) is 17.1 Å². The Labute approximate surface area is 199 Å². The molecule has 2 aromatic rings. The van der Waals surface area contributed by atoms with E-state index in [0.717, 1.165) is 0 Å². The van der Waals surface area contributed by atoms with Gasteiger partial charge in [0.25, 0.3) is 11.8 Å². The summed E-state index contributed by atoms with van der Waals surface area (Å²) in [6.45, 7) is 2.27. The van der Waals surface area contributed by atoms with Crippen molar-refractivity contribution in [1.29, 1.82) is 0 Å². The number of hydrogen-bond donors (Lipinski definition) is 1. The van der Waals surface area contributed by atoms with Crippen LogP contribution in [-0.4, -0.2) is 44.9 Å². The molecule has 1 fully saturated rings. The zero-order valence-electron chi connectivity index (χ0n) is 17.9. The average molecular weight is 521 g/mol. The Morgan fingerprint density at radius 3 is 2.38 bits per heavy atom. The number of carbonyl (C=O) groups is 2. The van der Waals surface area contributed by atoms with Gasteiger partial charge in [0.05, 0.1) is 33.6 Å². The fraction of sp³-hybridized carbons (Fsp3) is 0.227.